The molecule has 0 aliphatic heterocycles. The maximum atomic E-state index is 12.4. The van der Waals surface area contributed by atoms with Gasteiger partial charge in [-0.25, -0.2) is 19.9 Å². The second-order valence-corrected chi connectivity index (χ2v) is 5.61. The van der Waals surface area contributed by atoms with E-state index in [0.717, 1.165) is 22.0 Å². The van der Waals surface area contributed by atoms with Crippen molar-refractivity contribution >= 4 is 22.6 Å². The lowest BCUT2D eigenvalue weighted by Crippen LogP contribution is -2.15. The zero-order valence-corrected chi connectivity index (χ0v) is 13.7. The van der Waals surface area contributed by atoms with E-state index in [4.69, 9.17) is 0 Å². The van der Waals surface area contributed by atoms with Crippen molar-refractivity contribution in [1.29, 1.82) is 0 Å². The van der Waals surface area contributed by atoms with Gasteiger partial charge in [0.2, 0.25) is 5.91 Å². The number of para-hydroxylation sites is 1. The van der Waals surface area contributed by atoms with Gasteiger partial charge in [-0.15, -0.1) is 0 Å². The van der Waals surface area contributed by atoms with Crippen LogP contribution < -0.4 is 5.32 Å². The van der Waals surface area contributed by atoms with E-state index in [0.29, 0.717) is 11.6 Å². The van der Waals surface area contributed by atoms with E-state index in [1.165, 1.54) is 6.33 Å². The average Bonchev–Trinajstić information content (AvgIpc) is 2.69. The van der Waals surface area contributed by atoms with E-state index >= 15 is 0 Å². The third kappa shape index (κ3) is 3.36. The number of carbonyl (C=O) groups is 1. The third-order valence-electron chi connectivity index (χ3n) is 3.81. The van der Waals surface area contributed by atoms with Crippen molar-refractivity contribution in [3.8, 4) is 11.4 Å². The Labute approximate surface area is 149 Å². The Kier molecular flexibility index (Phi) is 4.26. The molecule has 0 saturated heterocycles. The number of anilines is 1. The van der Waals surface area contributed by atoms with Crippen LogP contribution in [-0.4, -0.2) is 30.8 Å². The second-order valence-electron chi connectivity index (χ2n) is 5.61. The van der Waals surface area contributed by atoms with Gasteiger partial charge >= 0.3 is 0 Å². The first-order valence-corrected chi connectivity index (χ1v) is 8.00. The van der Waals surface area contributed by atoms with Crippen LogP contribution in [0.4, 0.5) is 5.82 Å². The SMILES string of the molecule is O=C(Cc1cccc2cnc(-c3cccnc3)nc12)Nc1ccncn1. The Hall–Kier alpha value is -3.74. The Morgan fingerprint density at radius 2 is 1.92 bits per heavy atom. The van der Waals surface area contributed by atoms with Crippen LogP contribution >= 0.6 is 0 Å². The molecule has 0 unspecified atom stereocenters. The Balaban J connectivity index is 1.65. The number of hydrogen-bond donors (Lipinski definition) is 1. The molecular formula is C19H14N6O. The van der Waals surface area contributed by atoms with Crippen molar-refractivity contribution in [2.45, 2.75) is 6.42 Å². The topological polar surface area (TPSA) is 93.5 Å². The number of fused-ring (bicyclic) bond motifs is 1. The van der Waals surface area contributed by atoms with Gasteiger partial charge in [0.25, 0.3) is 0 Å². The first-order valence-electron chi connectivity index (χ1n) is 8.00. The molecule has 7 nitrogen and oxygen atoms in total. The van der Waals surface area contributed by atoms with Gasteiger partial charge in [-0.2, -0.15) is 0 Å². The van der Waals surface area contributed by atoms with Crippen LogP contribution in [0.25, 0.3) is 22.3 Å². The van der Waals surface area contributed by atoms with Crippen LogP contribution in [-0.2, 0) is 11.2 Å². The molecule has 0 aliphatic rings. The van der Waals surface area contributed by atoms with Gasteiger partial charge in [-0.1, -0.05) is 18.2 Å². The summed E-state index contributed by atoms with van der Waals surface area (Å²) in [6.07, 6.45) is 8.33. The summed E-state index contributed by atoms with van der Waals surface area (Å²) in [5, 5.41) is 3.64. The Morgan fingerprint density at radius 3 is 2.73 bits per heavy atom. The number of pyridine rings is 1. The van der Waals surface area contributed by atoms with Crippen molar-refractivity contribution in [1.82, 2.24) is 24.9 Å². The van der Waals surface area contributed by atoms with E-state index in [1.807, 2.05) is 30.3 Å². The van der Waals surface area contributed by atoms with Crippen LogP contribution in [0.1, 0.15) is 5.56 Å². The van der Waals surface area contributed by atoms with Crippen LogP contribution in [0, 0.1) is 0 Å². The van der Waals surface area contributed by atoms with E-state index in [9.17, 15) is 4.79 Å². The molecule has 1 amide bonds. The average molecular weight is 342 g/mol. The normalized spacial score (nSPS) is 10.6. The molecule has 0 saturated carbocycles. The molecule has 4 rings (SSSR count). The predicted molar refractivity (Wildman–Crippen MR) is 97.1 cm³/mol. The minimum absolute atomic E-state index is 0.169. The maximum Gasteiger partial charge on any atom is 0.230 e. The first kappa shape index (κ1) is 15.8. The fourth-order valence-electron chi connectivity index (χ4n) is 2.62. The zero-order valence-electron chi connectivity index (χ0n) is 13.7. The highest BCUT2D eigenvalue weighted by Crippen LogP contribution is 2.21. The third-order valence-corrected chi connectivity index (χ3v) is 3.81. The molecule has 0 spiro atoms. The summed E-state index contributed by atoms with van der Waals surface area (Å²) in [4.78, 5) is 33.3. The van der Waals surface area contributed by atoms with Gasteiger partial charge in [-0.3, -0.25) is 9.78 Å². The fraction of sp³-hybridized carbons (Fsp3) is 0.0526. The number of benzene rings is 1. The van der Waals surface area contributed by atoms with E-state index in [2.05, 4.69) is 30.2 Å². The predicted octanol–water partition coefficient (Wildman–Crippen LogP) is 2.66. The molecule has 3 heterocycles. The molecule has 3 aromatic heterocycles. The molecule has 1 aromatic carbocycles. The largest absolute Gasteiger partial charge is 0.310 e. The molecule has 7 heteroatoms. The molecule has 0 radical (unpaired) electrons. The van der Waals surface area contributed by atoms with Crippen LogP contribution in [0.15, 0.2) is 67.5 Å². The number of rotatable bonds is 4. The fourth-order valence-corrected chi connectivity index (χ4v) is 2.62. The highest BCUT2D eigenvalue weighted by Gasteiger charge is 2.11. The van der Waals surface area contributed by atoms with E-state index < -0.39 is 0 Å². The summed E-state index contributed by atoms with van der Waals surface area (Å²) < 4.78 is 0. The van der Waals surface area contributed by atoms with Crippen molar-refractivity contribution in [3.63, 3.8) is 0 Å². The molecule has 0 aliphatic carbocycles. The number of nitrogens with zero attached hydrogens (tertiary/aromatic N) is 5. The summed E-state index contributed by atoms with van der Waals surface area (Å²) >= 11 is 0. The van der Waals surface area contributed by atoms with E-state index in [1.54, 1.807) is 30.9 Å². The molecule has 126 valence electrons. The number of amides is 1. The highest BCUT2D eigenvalue weighted by atomic mass is 16.1. The van der Waals surface area contributed by atoms with Crippen molar-refractivity contribution in [2.24, 2.45) is 0 Å². The number of hydrogen-bond acceptors (Lipinski definition) is 6. The van der Waals surface area contributed by atoms with Gasteiger partial charge < -0.3 is 5.32 Å². The van der Waals surface area contributed by atoms with Crippen molar-refractivity contribution < 1.29 is 4.79 Å². The number of carbonyl (C=O) groups excluding carboxylic acids is 1. The summed E-state index contributed by atoms with van der Waals surface area (Å²) in [7, 11) is 0. The lowest BCUT2D eigenvalue weighted by molar-refractivity contribution is -0.115. The van der Waals surface area contributed by atoms with Crippen molar-refractivity contribution in [2.75, 3.05) is 5.32 Å². The Morgan fingerprint density at radius 1 is 0.962 bits per heavy atom. The molecule has 0 fully saturated rings. The van der Waals surface area contributed by atoms with Gasteiger partial charge in [0.05, 0.1) is 11.9 Å². The smallest absolute Gasteiger partial charge is 0.230 e. The molecule has 26 heavy (non-hydrogen) atoms. The standard InChI is InChI=1S/C19H14N6O/c26-17(24-16-6-8-21-12-23-16)9-13-3-1-4-14-11-22-19(25-18(13)14)15-5-2-7-20-10-15/h1-8,10-12H,9H2,(H,21,23,24,26). The van der Waals surface area contributed by atoms with Crippen LogP contribution in [0.2, 0.25) is 0 Å². The molecule has 0 bridgehead atoms. The minimum atomic E-state index is -0.169. The Bertz CT molecular complexity index is 1050. The highest BCUT2D eigenvalue weighted by molar-refractivity contribution is 5.94. The molecule has 1 N–H and O–H groups in total. The molecule has 0 atom stereocenters. The van der Waals surface area contributed by atoms with Crippen molar-refractivity contribution in [3.05, 3.63) is 73.1 Å². The van der Waals surface area contributed by atoms with Gasteiger partial charge in [0.15, 0.2) is 5.82 Å². The summed E-state index contributed by atoms with van der Waals surface area (Å²) in [6, 6.07) is 11.1. The zero-order chi connectivity index (χ0) is 17.8. The first-order chi connectivity index (χ1) is 12.8. The summed E-state index contributed by atoms with van der Waals surface area (Å²) in [6.45, 7) is 0. The molecular weight excluding hydrogens is 328 g/mol. The minimum Gasteiger partial charge on any atom is -0.310 e. The van der Waals surface area contributed by atoms with Gasteiger partial charge in [-0.05, 0) is 23.8 Å². The van der Waals surface area contributed by atoms with Crippen LogP contribution in [0.3, 0.4) is 0 Å². The number of nitrogens with one attached hydrogen (secondary N) is 1. The van der Waals surface area contributed by atoms with E-state index in [-0.39, 0.29) is 12.3 Å². The quantitative estimate of drug-likeness (QED) is 0.613. The van der Waals surface area contributed by atoms with Gasteiger partial charge in [0, 0.05) is 35.7 Å². The van der Waals surface area contributed by atoms with Crippen LogP contribution in [0.5, 0.6) is 0 Å². The summed E-state index contributed by atoms with van der Waals surface area (Å²) in [5.74, 6) is 0.878. The monoisotopic (exact) mass is 342 g/mol. The second kappa shape index (κ2) is 7.02. The lowest BCUT2D eigenvalue weighted by atomic mass is 10.1. The number of aromatic nitrogens is 5. The van der Waals surface area contributed by atoms with Gasteiger partial charge in [0.1, 0.15) is 12.1 Å². The summed E-state index contributed by atoms with van der Waals surface area (Å²) in [5.41, 5.74) is 2.40. The maximum absolute atomic E-state index is 12.4. The molecule has 4 aromatic rings. The lowest BCUT2D eigenvalue weighted by Gasteiger charge is -2.08.